The van der Waals surface area contributed by atoms with E-state index < -0.39 is 0 Å². The van der Waals surface area contributed by atoms with Crippen LogP contribution in [0.5, 0.6) is 0 Å². The van der Waals surface area contributed by atoms with E-state index in [-0.39, 0.29) is 10.4 Å². The van der Waals surface area contributed by atoms with Gasteiger partial charge in [-0.25, -0.2) is 9.97 Å². The molecule has 0 fully saturated rings. The molecule has 2 aromatic rings. The van der Waals surface area contributed by atoms with Crippen LogP contribution in [-0.2, 0) is 0 Å². The number of hydrogen-bond acceptors (Lipinski definition) is 4. The molecule has 7 heteroatoms. The van der Waals surface area contributed by atoms with Crippen molar-refractivity contribution >= 4 is 46.3 Å². The van der Waals surface area contributed by atoms with Gasteiger partial charge < -0.3 is 0 Å². The summed E-state index contributed by atoms with van der Waals surface area (Å²) in [6.07, 6.45) is 3.54. The van der Waals surface area contributed by atoms with Crippen molar-refractivity contribution < 1.29 is 0 Å². The number of halogens is 2. The third-order valence-electron chi connectivity index (χ3n) is 1.49. The first-order valence-electron chi connectivity index (χ1n) is 3.33. The zero-order chi connectivity index (χ0) is 9.42. The maximum absolute atomic E-state index is 5.81. The van der Waals surface area contributed by atoms with Crippen LogP contribution in [0.4, 0.5) is 0 Å². The third-order valence-corrected chi connectivity index (χ3v) is 2.59. The average Bonchev–Trinajstić information content (AvgIpc) is 2.47. The molecule has 2 heterocycles. The van der Waals surface area contributed by atoms with Crippen LogP contribution in [0.15, 0.2) is 6.33 Å². The minimum atomic E-state index is 0.133. The highest BCUT2D eigenvalue weighted by Gasteiger charge is 2.09. The number of imidazole rings is 1. The fraction of sp³-hybridized carbons (Fsp3) is 0.167. The Kier molecular flexibility index (Phi) is 2.31. The van der Waals surface area contributed by atoms with Crippen LogP contribution in [-0.4, -0.2) is 25.2 Å². The molecule has 0 amide bonds. The lowest BCUT2D eigenvalue weighted by atomic mass is 10.6. The lowest BCUT2D eigenvalue weighted by Crippen LogP contribution is -1.89. The van der Waals surface area contributed by atoms with Crippen LogP contribution < -0.4 is 0 Å². The molecule has 2 rings (SSSR count). The predicted octanol–water partition coefficient (Wildman–Crippen LogP) is 2.26. The van der Waals surface area contributed by atoms with Crippen molar-refractivity contribution in [2.45, 2.75) is 0 Å². The van der Waals surface area contributed by atoms with Crippen molar-refractivity contribution in [2.75, 3.05) is 6.26 Å². The number of rotatable bonds is 1. The summed E-state index contributed by atoms with van der Waals surface area (Å²) in [7, 11) is 0. The van der Waals surface area contributed by atoms with Gasteiger partial charge in [-0.3, -0.25) is 3.97 Å². The van der Waals surface area contributed by atoms with E-state index in [1.807, 2.05) is 6.26 Å². The fourth-order valence-electron chi connectivity index (χ4n) is 0.955. The standard InChI is InChI=1S/C6H4Cl2N4S/c1-13-12-2-9-3-4(7)10-6(8)11-5(3)12/h2H,1H3. The zero-order valence-corrected chi connectivity index (χ0v) is 8.86. The van der Waals surface area contributed by atoms with E-state index in [4.69, 9.17) is 23.2 Å². The molecule has 4 nitrogen and oxygen atoms in total. The summed E-state index contributed by atoms with van der Waals surface area (Å²) in [6.45, 7) is 0. The van der Waals surface area contributed by atoms with Gasteiger partial charge in [0, 0.05) is 6.26 Å². The number of hydrogen-bond donors (Lipinski definition) is 0. The van der Waals surface area contributed by atoms with Crippen molar-refractivity contribution in [3.63, 3.8) is 0 Å². The van der Waals surface area contributed by atoms with E-state index in [9.17, 15) is 0 Å². The molecule has 0 unspecified atom stereocenters. The van der Waals surface area contributed by atoms with Gasteiger partial charge >= 0.3 is 0 Å². The Morgan fingerprint density at radius 2 is 2.15 bits per heavy atom. The van der Waals surface area contributed by atoms with E-state index >= 15 is 0 Å². The minimum absolute atomic E-state index is 0.133. The highest BCUT2D eigenvalue weighted by atomic mass is 35.5. The maximum Gasteiger partial charge on any atom is 0.225 e. The topological polar surface area (TPSA) is 43.6 Å². The Bertz CT molecular complexity index is 455. The molecule has 0 aromatic carbocycles. The predicted molar refractivity (Wildman–Crippen MR) is 54.3 cm³/mol. The van der Waals surface area contributed by atoms with Crippen molar-refractivity contribution in [3.05, 3.63) is 16.8 Å². The Labute approximate surface area is 88.4 Å². The molecule has 0 spiro atoms. The second-order valence-corrected chi connectivity index (χ2v) is 3.66. The molecule has 0 saturated carbocycles. The molecule has 0 N–H and O–H groups in total. The number of aromatic nitrogens is 4. The average molecular weight is 235 g/mol. The molecule has 0 bridgehead atoms. The largest absolute Gasteiger partial charge is 0.256 e. The maximum atomic E-state index is 5.81. The van der Waals surface area contributed by atoms with Gasteiger partial charge in [-0.15, -0.1) is 0 Å². The Balaban J connectivity index is 2.82. The van der Waals surface area contributed by atoms with Crippen molar-refractivity contribution in [2.24, 2.45) is 0 Å². The van der Waals surface area contributed by atoms with Crippen LogP contribution in [0.25, 0.3) is 11.2 Å². The highest BCUT2D eigenvalue weighted by molar-refractivity contribution is 7.97. The van der Waals surface area contributed by atoms with Crippen LogP contribution in [0.1, 0.15) is 0 Å². The van der Waals surface area contributed by atoms with Gasteiger partial charge in [-0.2, -0.15) is 4.98 Å². The van der Waals surface area contributed by atoms with Crippen molar-refractivity contribution in [1.82, 2.24) is 18.9 Å². The van der Waals surface area contributed by atoms with Crippen molar-refractivity contribution in [3.8, 4) is 0 Å². The second kappa shape index (κ2) is 3.32. The molecule has 0 saturated heterocycles. The second-order valence-electron chi connectivity index (χ2n) is 2.21. The van der Waals surface area contributed by atoms with Gasteiger partial charge in [0.05, 0.1) is 0 Å². The van der Waals surface area contributed by atoms with Gasteiger partial charge in [0.1, 0.15) is 11.8 Å². The quantitative estimate of drug-likeness (QED) is 0.561. The lowest BCUT2D eigenvalue weighted by Gasteiger charge is -1.96. The SMILES string of the molecule is CSn1cnc2c(Cl)nc(Cl)nc21. The minimum Gasteiger partial charge on any atom is -0.256 e. The van der Waals surface area contributed by atoms with Crippen LogP contribution in [0.2, 0.25) is 10.4 Å². The summed E-state index contributed by atoms with van der Waals surface area (Å²) in [6, 6.07) is 0. The first kappa shape index (κ1) is 9.05. The van der Waals surface area contributed by atoms with Gasteiger partial charge in [0.25, 0.3) is 0 Å². The van der Waals surface area contributed by atoms with Crippen LogP contribution in [0, 0.1) is 0 Å². The molecule has 0 atom stereocenters. The molecular formula is C6H4Cl2N4S. The Hall–Kier alpha value is -0.520. The fourth-order valence-corrected chi connectivity index (χ4v) is 1.82. The van der Waals surface area contributed by atoms with Gasteiger partial charge in [0.15, 0.2) is 10.8 Å². The molecule has 0 aliphatic carbocycles. The summed E-state index contributed by atoms with van der Waals surface area (Å²) >= 11 is 12.9. The van der Waals surface area contributed by atoms with E-state index in [1.165, 1.54) is 11.9 Å². The van der Waals surface area contributed by atoms with E-state index in [1.54, 1.807) is 10.3 Å². The summed E-state index contributed by atoms with van der Waals surface area (Å²) in [5.41, 5.74) is 1.21. The van der Waals surface area contributed by atoms with E-state index in [0.29, 0.717) is 11.2 Å². The molecule has 68 valence electrons. The molecule has 0 radical (unpaired) electrons. The Morgan fingerprint density at radius 1 is 1.38 bits per heavy atom. The van der Waals surface area contributed by atoms with E-state index in [2.05, 4.69) is 15.0 Å². The van der Waals surface area contributed by atoms with Crippen LogP contribution >= 0.6 is 35.1 Å². The normalized spacial score (nSPS) is 11.0. The van der Waals surface area contributed by atoms with Gasteiger partial charge in [-0.05, 0) is 23.5 Å². The summed E-state index contributed by atoms with van der Waals surface area (Å²) in [4.78, 5) is 11.9. The molecule has 0 aliphatic rings. The van der Waals surface area contributed by atoms with Gasteiger partial charge in [0.2, 0.25) is 5.28 Å². The lowest BCUT2D eigenvalue weighted by molar-refractivity contribution is 1.18. The number of fused-ring (bicyclic) bond motifs is 1. The Morgan fingerprint density at radius 3 is 2.85 bits per heavy atom. The summed E-state index contributed by atoms with van der Waals surface area (Å²) in [5, 5.41) is 0.413. The van der Waals surface area contributed by atoms with E-state index in [0.717, 1.165) is 0 Å². The molecular weight excluding hydrogens is 231 g/mol. The highest BCUT2D eigenvalue weighted by Crippen LogP contribution is 2.22. The molecule has 13 heavy (non-hydrogen) atoms. The molecule has 2 aromatic heterocycles. The number of nitrogens with zero attached hydrogens (tertiary/aromatic N) is 4. The smallest absolute Gasteiger partial charge is 0.225 e. The zero-order valence-electron chi connectivity index (χ0n) is 6.53. The first-order chi connectivity index (χ1) is 6.22. The molecule has 0 aliphatic heterocycles. The monoisotopic (exact) mass is 234 g/mol. The van der Waals surface area contributed by atoms with Gasteiger partial charge in [-0.1, -0.05) is 11.6 Å². The summed E-state index contributed by atoms with van der Waals surface area (Å²) < 4.78 is 1.77. The third kappa shape index (κ3) is 1.47. The van der Waals surface area contributed by atoms with Crippen LogP contribution in [0.3, 0.4) is 0 Å². The first-order valence-corrected chi connectivity index (χ1v) is 5.26. The van der Waals surface area contributed by atoms with Crippen molar-refractivity contribution in [1.29, 1.82) is 0 Å². The summed E-state index contributed by atoms with van der Waals surface area (Å²) in [5.74, 6) is 0.